The van der Waals surface area contributed by atoms with Gasteiger partial charge in [-0.25, -0.2) is 9.78 Å². The van der Waals surface area contributed by atoms with E-state index in [0.29, 0.717) is 18.5 Å². The standard InChI is InChI=1S/C22H23FN4O3/c1-2-14-10-18-19(26-21(14)28)9-13(11-24-18)12-27-7-5-15(6-8-27)16-3-4-17(22(29)30)25-20(16)23/h3-4,9-11,15H,2,5-8,12H2,1H3,(H,26,28)(H,29,30). The maximum Gasteiger partial charge on any atom is 0.354 e. The highest BCUT2D eigenvalue weighted by Gasteiger charge is 2.24. The van der Waals surface area contributed by atoms with Crippen molar-refractivity contribution < 1.29 is 14.3 Å². The summed E-state index contributed by atoms with van der Waals surface area (Å²) in [6.07, 6.45) is 4.03. The van der Waals surface area contributed by atoms with E-state index >= 15 is 0 Å². The highest BCUT2D eigenvalue weighted by Crippen LogP contribution is 2.30. The van der Waals surface area contributed by atoms with Crippen molar-refractivity contribution in [1.82, 2.24) is 19.9 Å². The Hall–Kier alpha value is -3.13. The molecule has 30 heavy (non-hydrogen) atoms. The Kier molecular flexibility index (Phi) is 5.59. The minimum absolute atomic E-state index is 0.0233. The van der Waals surface area contributed by atoms with E-state index in [2.05, 4.69) is 19.9 Å². The summed E-state index contributed by atoms with van der Waals surface area (Å²) in [7, 11) is 0. The third-order valence-electron chi connectivity index (χ3n) is 5.74. The van der Waals surface area contributed by atoms with Gasteiger partial charge in [0.1, 0.15) is 0 Å². The molecule has 7 nitrogen and oxygen atoms in total. The molecule has 4 rings (SSSR count). The number of H-pyrrole nitrogens is 1. The minimum Gasteiger partial charge on any atom is -0.477 e. The van der Waals surface area contributed by atoms with Crippen LogP contribution in [-0.2, 0) is 13.0 Å². The Morgan fingerprint density at radius 3 is 2.73 bits per heavy atom. The summed E-state index contributed by atoms with van der Waals surface area (Å²) in [5, 5.41) is 8.93. The second-order valence-corrected chi connectivity index (χ2v) is 7.69. The summed E-state index contributed by atoms with van der Waals surface area (Å²) in [5.74, 6) is -1.90. The van der Waals surface area contributed by atoms with Crippen LogP contribution in [0.5, 0.6) is 0 Å². The van der Waals surface area contributed by atoms with Gasteiger partial charge in [-0.3, -0.25) is 14.7 Å². The molecule has 0 saturated carbocycles. The number of aromatic nitrogens is 3. The molecule has 1 saturated heterocycles. The van der Waals surface area contributed by atoms with Crippen molar-refractivity contribution in [2.24, 2.45) is 0 Å². The average molecular weight is 410 g/mol. The first kappa shape index (κ1) is 20.2. The second-order valence-electron chi connectivity index (χ2n) is 7.69. The Morgan fingerprint density at radius 2 is 2.07 bits per heavy atom. The monoisotopic (exact) mass is 410 g/mol. The van der Waals surface area contributed by atoms with Crippen molar-refractivity contribution in [2.45, 2.75) is 38.6 Å². The zero-order valence-electron chi connectivity index (χ0n) is 16.7. The number of aromatic carboxylic acids is 1. The first-order chi connectivity index (χ1) is 14.4. The van der Waals surface area contributed by atoms with Crippen LogP contribution < -0.4 is 5.56 Å². The lowest BCUT2D eigenvalue weighted by Crippen LogP contribution is -2.32. The first-order valence-electron chi connectivity index (χ1n) is 10.1. The van der Waals surface area contributed by atoms with Crippen LogP contribution in [0.4, 0.5) is 4.39 Å². The van der Waals surface area contributed by atoms with Gasteiger partial charge in [-0.15, -0.1) is 0 Å². The van der Waals surface area contributed by atoms with Crippen molar-refractivity contribution in [1.29, 1.82) is 0 Å². The number of fused-ring (bicyclic) bond motifs is 1. The third-order valence-corrected chi connectivity index (χ3v) is 5.74. The lowest BCUT2D eigenvalue weighted by Gasteiger charge is -2.32. The van der Waals surface area contributed by atoms with E-state index in [-0.39, 0.29) is 17.2 Å². The van der Waals surface area contributed by atoms with Crippen molar-refractivity contribution in [3.8, 4) is 0 Å². The van der Waals surface area contributed by atoms with E-state index in [4.69, 9.17) is 5.11 Å². The highest BCUT2D eigenvalue weighted by atomic mass is 19.1. The number of halogens is 1. The zero-order chi connectivity index (χ0) is 21.3. The van der Waals surface area contributed by atoms with Crippen molar-refractivity contribution >= 4 is 17.0 Å². The van der Waals surface area contributed by atoms with Crippen LogP contribution in [0.25, 0.3) is 11.0 Å². The summed E-state index contributed by atoms with van der Waals surface area (Å²) in [4.78, 5) is 36.2. The van der Waals surface area contributed by atoms with Gasteiger partial charge in [0.15, 0.2) is 5.69 Å². The topological polar surface area (TPSA) is 99.2 Å². The summed E-state index contributed by atoms with van der Waals surface area (Å²) in [5.41, 5.74) is 3.38. The summed E-state index contributed by atoms with van der Waals surface area (Å²) in [6, 6.07) is 6.70. The van der Waals surface area contributed by atoms with Gasteiger partial charge in [-0.2, -0.15) is 4.39 Å². The van der Waals surface area contributed by atoms with Gasteiger partial charge in [-0.05, 0) is 62.0 Å². The fourth-order valence-corrected chi connectivity index (χ4v) is 4.04. The smallest absolute Gasteiger partial charge is 0.354 e. The second kappa shape index (κ2) is 8.31. The third kappa shape index (κ3) is 4.09. The zero-order valence-corrected chi connectivity index (χ0v) is 16.7. The minimum atomic E-state index is -1.23. The van der Waals surface area contributed by atoms with E-state index in [9.17, 15) is 14.0 Å². The van der Waals surface area contributed by atoms with E-state index in [1.165, 1.54) is 6.07 Å². The van der Waals surface area contributed by atoms with Gasteiger partial charge in [0.25, 0.3) is 5.56 Å². The molecule has 156 valence electrons. The Bertz CT molecular complexity index is 1150. The average Bonchev–Trinajstić information content (AvgIpc) is 2.74. The molecule has 3 aromatic rings. The van der Waals surface area contributed by atoms with Gasteiger partial charge in [0, 0.05) is 23.9 Å². The van der Waals surface area contributed by atoms with E-state index in [1.54, 1.807) is 6.07 Å². The maximum absolute atomic E-state index is 14.2. The number of rotatable bonds is 5. The van der Waals surface area contributed by atoms with Crippen LogP contribution in [0.3, 0.4) is 0 Å². The predicted molar refractivity (Wildman–Crippen MR) is 110 cm³/mol. The molecule has 0 amide bonds. The number of carboxylic acids is 1. The van der Waals surface area contributed by atoms with Gasteiger partial charge in [0.2, 0.25) is 5.95 Å². The van der Waals surface area contributed by atoms with Crippen LogP contribution >= 0.6 is 0 Å². The fraction of sp³-hybridized carbons (Fsp3) is 0.364. The molecule has 0 aromatic carbocycles. The number of nitrogens with one attached hydrogen (secondary N) is 1. The quantitative estimate of drug-likeness (QED) is 0.627. The molecule has 0 aliphatic carbocycles. The molecule has 1 fully saturated rings. The normalized spacial score (nSPS) is 15.5. The van der Waals surface area contributed by atoms with Crippen LogP contribution in [0.1, 0.15) is 52.9 Å². The summed E-state index contributed by atoms with van der Waals surface area (Å²) in [6.45, 7) is 4.21. The summed E-state index contributed by atoms with van der Waals surface area (Å²) >= 11 is 0. The molecular formula is C22H23FN4O3. The number of hydrogen-bond acceptors (Lipinski definition) is 5. The number of nitrogens with zero attached hydrogens (tertiary/aromatic N) is 3. The molecule has 4 heterocycles. The van der Waals surface area contributed by atoms with Gasteiger partial charge < -0.3 is 10.1 Å². The number of aromatic amines is 1. The highest BCUT2D eigenvalue weighted by molar-refractivity contribution is 5.85. The molecule has 0 bridgehead atoms. The van der Waals surface area contributed by atoms with Gasteiger partial charge in [-0.1, -0.05) is 13.0 Å². The molecule has 0 spiro atoms. The molecule has 8 heteroatoms. The number of pyridine rings is 3. The van der Waals surface area contributed by atoms with Crippen molar-refractivity contribution in [3.63, 3.8) is 0 Å². The summed E-state index contributed by atoms with van der Waals surface area (Å²) < 4.78 is 14.2. The Labute approximate surface area is 172 Å². The molecule has 0 unspecified atom stereocenters. The number of hydrogen-bond donors (Lipinski definition) is 2. The number of likely N-dealkylation sites (tertiary alicyclic amines) is 1. The molecule has 1 aliphatic heterocycles. The van der Waals surface area contributed by atoms with Crippen molar-refractivity contribution in [3.05, 3.63) is 69.1 Å². The largest absolute Gasteiger partial charge is 0.477 e. The fourth-order valence-electron chi connectivity index (χ4n) is 4.04. The molecule has 2 N–H and O–H groups in total. The molecular weight excluding hydrogens is 387 g/mol. The Balaban J connectivity index is 1.42. The first-order valence-corrected chi connectivity index (χ1v) is 10.1. The SMILES string of the molecule is CCc1cc2ncc(CN3CCC(c4ccc(C(=O)O)nc4F)CC3)cc2[nH]c1=O. The van der Waals surface area contributed by atoms with E-state index in [0.717, 1.165) is 48.1 Å². The van der Waals surface area contributed by atoms with Crippen LogP contribution in [-0.4, -0.2) is 44.0 Å². The van der Waals surface area contributed by atoms with E-state index < -0.39 is 11.9 Å². The molecule has 3 aromatic heterocycles. The van der Waals surface area contributed by atoms with Gasteiger partial charge in [0.05, 0.1) is 11.0 Å². The lowest BCUT2D eigenvalue weighted by atomic mass is 9.90. The predicted octanol–water partition coefficient (Wildman–Crippen LogP) is 3.10. The number of carboxylic acid groups (broad SMARTS) is 1. The lowest BCUT2D eigenvalue weighted by molar-refractivity contribution is 0.0689. The molecule has 1 aliphatic rings. The number of carbonyl (C=O) groups is 1. The van der Waals surface area contributed by atoms with Crippen LogP contribution in [0, 0.1) is 5.95 Å². The Morgan fingerprint density at radius 1 is 1.30 bits per heavy atom. The van der Waals surface area contributed by atoms with Crippen molar-refractivity contribution in [2.75, 3.05) is 13.1 Å². The van der Waals surface area contributed by atoms with Gasteiger partial charge >= 0.3 is 5.97 Å². The van der Waals surface area contributed by atoms with Crippen LogP contribution in [0.15, 0.2) is 35.3 Å². The number of aryl methyl sites for hydroxylation is 1. The molecule has 0 radical (unpaired) electrons. The van der Waals surface area contributed by atoms with Crippen LogP contribution in [0.2, 0.25) is 0 Å². The van der Waals surface area contributed by atoms with E-state index in [1.807, 2.05) is 25.3 Å². The molecule has 0 atom stereocenters. The maximum atomic E-state index is 14.2. The number of piperidine rings is 1.